The highest BCUT2D eigenvalue weighted by atomic mass is 32.1. The average Bonchev–Trinajstić information content (AvgIpc) is 2.70. The first-order valence-electron chi connectivity index (χ1n) is 7.00. The Morgan fingerprint density at radius 1 is 1.30 bits per heavy atom. The Labute approximate surface area is 123 Å². The molecule has 1 aliphatic heterocycles. The van der Waals surface area contributed by atoms with Crippen LogP contribution in [0.3, 0.4) is 0 Å². The van der Waals surface area contributed by atoms with Gasteiger partial charge in [-0.3, -0.25) is 0 Å². The van der Waals surface area contributed by atoms with Crippen molar-refractivity contribution < 1.29 is 0 Å². The smallest absolute Gasteiger partial charge is 0.118 e. The fourth-order valence-electron chi connectivity index (χ4n) is 2.30. The van der Waals surface area contributed by atoms with Gasteiger partial charge in [-0.05, 0) is 49.5 Å². The summed E-state index contributed by atoms with van der Waals surface area (Å²) in [5, 5.41) is 5.76. The van der Waals surface area contributed by atoms with E-state index in [-0.39, 0.29) is 0 Å². The molecule has 0 fully saturated rings. The monoisotopic (exact) mass is 285 g/mol. The van der Waals surface area contributed by atoms with Gasteiger partial charge in [-0.1, -0.05) is 29.5 Å². The minimum atomic E-state index is 0.837. The van der Waals surface area contributed by atoms with Crippen molar-refractivity contribution in [3.8, 4) is 0 Å². The van der Waals surface area contributed by atoms with E-state index in [2.05, 4.69) is 23.5 Å². The van der Waals surface area contributed by atoms with Crippen LogP contribution < -0.4 is 11.1 Å². The number of nitrogens with two attached hydrogens (primary N) is 1. The van der Waals surface area contributed by atoms with Crippen LogP contribution in [0.25, 0.3) is 12.2 Å². The molecule has 2 heterocycles. The number of fused-ring (bicyclic) bond motifs is 1. The number of nitrogens with zero attached hydrogens (tertiary/aromatic N) is 1. The van der Waals surface area contributed by atoms with E-state index in [1.54, 1.807) is 11.3 Å². The number of nitrogen functional groups attached to an aromatic ring is 1. The van der Waals surface area contributed by atoms with E-state index in [9.17, 15) is 0 Å². The van der Waals surface area contributed by atoms with E-state index in [4.69, 9.17) is 10.7 Å². The summed E-state index contributed by atoms with van der Waals surface area (Å²) >= 11 is 1.73. The molecule has 0 saturated carbocycles. The molecule has 1 aliphatic rings. The van der Waals surface area contributed by atoms with Crippen LogP contribution in [0.5, 0.6) is 0 Å². The second-order valence-electron chi connectivity index (χ2n) is 5.16. The van der Waals surface area contributed by atoms with Crippen molar-refractivity contribution in [2.45, 2.75) is 26.2 Å². The highest BCUT2D eigenvalue weighted by Crippen LogP contribution is 2.29. The van der Waals surface area contributed by atoms with Crippen molar-refractivity contribution in [2.75, 3.05) is 17.6 Å². The third-order valence-corrected chi connectivity index (χ3v) is 4.58. The summed E-state index contributed by atoms with van der Waals surface area (Å²) in [5.74, 6) is 0. The Kier molecular flexibility index (Phi) is 3.74. The molecule has 4 heteroatoms. The van der Waals surface area contributed by atoms with Gasteiger partial charge in [0.2, 0.25) is 0 Å². The molecule has 3 N–H and O–H groups in total. The summed E-state index contributed by atoms with van der Waals surface area (Å²) in [5.41, 5.74) is 10.2. The lowest BCUT2D eigenvalue weighted by Gasteiger charge is -2.00. The van der Waals surface area contributed by atoms with Gasteiger partial charge in [-0.2, -0.15) is 0 Å². The van der Waals surface area contributed by atoms with Crippen molar-refractivity contribution in [3.05, 3.63) is 40.0 Å². The Hall–Kier alpha value is -1.81. The predicted molar refractivity (Wildman–Crippen MR) is 88.1 cm³/mol. The van der Waals surface area contributed by atoms with Crippen LogP contribution in [-0.4, -0.2) is 11.5 Å². The van der Waals surface area contributed by atoms with Crippen LogP contribution in [0.1, 0.15) is 34.7 Å². The van der Waals surface area contributed by atoms with Gasteiger partial charge in [-0.15, -0.1) is 0 Å². The van der Waals surface area contributed by atoms with Gasteiger partial charge >= 0.3 is 0 Å². The Morgan fingerprint density at radius 2 is 2.20 bits per heavy atom. The third kappa shape index (κ3) is 2.85. The third-order valence-electron chi connectivity index (χ3n) is 3.56. The predicted octanol–water partition coefficient (Wildman–Crippen LogP) is 3.95. The first-order chi connectivity index (χ1) is 9.72. The van der Waals surface area contributed by atoms with E-state index < -0.39 is 0 Å². The molecule has 104 valence electrons. The molecule has 20 heavy (non-hydrogen) atoms. The molecule has 0 bridgehead atoms. The molecular formula is C16H19N3S. The highest BCUT2D eigenvalue weighted by molar-refractivity contribution is 7.16. The van der Waals surface area contributed by atoms with Crippen LogP contribution in [0, 0.1) is 6.92 Å². The first-order valence-corrected chi connectivity index (χ1v) is 7.82. The summed E-state index contributed by atoms with van der Waals surface area (Å²) in [4.78, 5) is 4.70. The largest absolute Gasteiger partial charge is 0.398 e. The number of anilines is 2. The molecule has 0 amide bonds. The van der Waals surface area contributed by atoms with Crippen molar-refractivity contribution in [1.29, 1.82) is 0 Å². The van der Waals surface area contributed by atoms with Gasteiger partial charge in [0.25, 0.3) is 0 Å². The minimum absolute atomic E-state index is 0.837. The lowest BCUT2D eigenvalue weighted by atomic mass is 10.1. The minimum Gasteiger partial charge on any atom is -0.398 e. The molecule has 1 aromatic heterocycles. The molecule has 1 aromatic carbocycles. The Morgan fingerprint density at radius 3 is 3.05 bits per heavy atom. The SMILES string of the molecule is Cc1ccc(/C=C/c2nc3c(s2)NCCCC3)cc1N. The van der Waals surface area contributed by atoms with Crippen molar-refractivity contribution >= 4 is 34.2 Å². The van der Waals surface area contributed by atoms with E-state index in [0.29, 0.717) is 0 Å². The first kappa shape index (κ1) is 13.2. The average molecular weight is 285 g/mol. The zero-order chi connectivity index (χ0) is 13.9. The molecule has 0 spiro atoms. The molecule has 0 atom stereocenters. The maximum Gasteiger partial charge on any atom is 0.118 e. The van der Waals surface area contributed by atoms with Crippen molar-refractivity contribution in [1.82, 2.24) is 4.98 Å². The van der Waals surface area contributed by atoms with Gasteiger partial charge in [0, 0.05) is 12.2 Å². The quantitative estimate of drug-likeness (QED) is 0.821. The van der Waals surface area contributed by atoms with Crippen molar-refractivity contribution in [2.24, 2.45) is 0 Å². The fraction of sp³-hybridized carbons (Fsp3) is 0.312. The topological polar surface area (TPSA) is 50.9 Å². The van der Waals surface area contributed by atoms with Crippen LogP contribution in [0.4, 0.5) is 10.7 Å². The number of aryl methyl sites for hydroxylation is 2. The number of aromatic nitrogens is 1. The van der Waals surface area contributed by atoms with Gasteiger partial charge in [0.15, 0.2) is 0 Å². The van der Waals surface area contributed by atoms with E-state index in [1.165, 1.54) is 23.5 Å². The molecule has 0 unspecified atom stereocenters. The highest BCUT2D eigenvalue weighted by Gasteiger charge is 2.12. The summed E-state index contributed by atoms with van der Waals surface area (Å²) in [7, 11) is 0. The van der Waals surface area contributed by atoms with E-state index in [0.717, 1.165) is 34.8 Å². The number of hydrogen-bond acceptors (Lipinski definition) is 4. The lowest BCUT2D eigenvalue weighted by molar-refractivity contribution is 0.774. The van der Waals surface area contributed by atoms with E-state index in [1.807, 2.05) is 19.1 Å². The molecule has 3 rings (SSSR count). The summed E-state index contributed by atoms with van der Waals surface area (Å²) in [6, 6.07) is 6.13. The van der Waals surface area contributed by atoms with Crippen molar-refractivity contribution in [3.63, 3.8) is 0 Å². The van der Waals surface area contributed by atoms with Gasteiger partial charge in [0.1, 0.15) is 10.0 Å². The number of nitrogens with one attached hydrogen (secondary N) is 1. The summed E-state index contributed by atoms with van der Waals surface area (Å²) in [6.45, 7) is 3.08. The second kappa shape index (κ2) is 5.67. The van der Waals surface area contributed by atoms with Crippen LogP contribution in [0.15, 0.2) is 18.2 Å². The Bertz CT molecular complexity index is 620. The normalized spacial score (nSPS) is 14.8. The van der Waals surface area contributed by atoms with Gasteiger partial charge < -0.3 is 11.1 Å². The molecule has 0 aliphatic carbocycles. The fourth-order valence-corrected chi connectivity index (χ4v) is 3.24. The zero-order valence-electron chi connectivity index (χ0n) is 11.6. The van der Waals surface area contributed by atoms with Crippen LogP contribution >= 0.6 is 11.3 Å². The standard InChI is InChI=1S/C16H19N3S/c1-11-5-6-12(10-13(11)17)7-8-15-19-14-4-2-3-9-18-16(14)20-15/h5-8,10,18H,2-4,9,17H2,1H3/b8-7+. The van der Waals surface area contributed by atoms with Gasteiger partial charge in [0.05, 0.1) is 5.69 Å². The number of hydrogen-bond donors (Lipinski definition) is 2. The van der Waals surface area contributed by atoms with Crippen LogP contribution in [-0.2, 0) is 6.42 Å². The number of benzene rings is 1. The van der Waals surface area contributed by atoms with Gasteiger partial charge in [-0.25, -0.2) is 4.98 Å². The molecule has 0 saturated heterocycles. The molecule has 2 aromatic rings. The Balaban J connectivity index is 1.80. The maximum atomic E-state index is 5.93. The second-order valence-corrected chi connectivity index (χ2v) is 6.19. The molecule has 0 radical (unpaired) electrons. The number of thiazole rings is 1. The zero-order valence-corrected chi connectivity index (χ0v) is 12.5. The van der Waals surface area contributed by atoms with Crippen LogP contribution in [0.2, 0.25) is 0 Å². The lowest BCUT2D eigenvalue weighted by Crippen LogP contribution is -1.96. The number of rotatable bonds is 2. The molecule has 3 nitrogen and oxygen atoms in total. The summed E-state index contributed by atoms with van der Waals surface area (Å²) < 4.78 is 0. The molecular weight excluding hydrogens is 266 g/mol. The maximum absolute atomic E-state index is 5.93. The summed E-state index contributed by atoms with van der Waals surface area (Å²) in [6.07, 6.45) is 7.70. The van der Waals surface area contributed by atoms with E-state index >= 15 is 0 Å².